The Labute approximate surface area is 101 Å². The molecule has 0 saturated carbocycles. The number of hydrogen-bond donors (Lipinski definition) is 1. The van der Waals surface area contributed by atoms with Crippen molar-refractivity contribution in [3.05, 3.63) is 22.6 Å². The van der Waals surface area contributed by atoms with Crippen LogP contribution in [0.5, 0.6) is 0 Å². The van der Waals surface area contributed by atoms with Gasteiger partial charge in [0.25, 0.3) is 5.91 Å². The van der Waals surface area contributed by atoms with Crippen LogP contribution in [-0.4, -0.2) is 23.5 Å². The highest BCUT2D eigenvalue weighted by Crippen LogP contribution is 2.18. The van der Waals surface area contributed by atoms with Crippen molar-refractivity contribution in [2.24, 2.45) is 0 Å². The van der Waals surface area contributed by atoms with Gasteiger partial charge in [-0.05, 0) is 46.7 Å². The molecule has 0 aromatic carbocycles. The maximum atomic E-state index is 11.7. The SMILES string of the molecule is O=C(NC1CCCSC1)c1ccc(Br)o1. The second-order valence-electron chi connectivity index (χ2n) is 3.49. The molecule has 3 nitrogen and oxygen atoms in total. The average molecular weight is 290 g/mol. The molecule has 82 valence electrons. The van der Waals surface area contributed by atoms with E-state index < -0.39 is 0 Å². The number of rotatable bonds is 2. The van der Waals surface area contributed by atoms with E-state index in [0.29, 0.717) is 16.5 Å². The Morgan fingerprint density at radius 3 is 3.07 bits per heavy atom. The lowest BCUT2D eigenvalue weighted by atomic mass is 10.2. The monoisotopic (exact) mass is 289 g/mol. The topological polar surface area (TPSA) is 42.2 Å². The fraction of sp³-hybridized carbons (Fsp3) is 0.500. The highest BCUT2D eigenvalue weighted by Gasteiger charge is 2.18. The van der Waals surface area contributed by atoms with Crippen molar-refractivity contribution in [1.82, 2.24) is 5.32 Å². The molecular formula is C10H12BrNO2S. The van der Waals surface area contributed by atoms with Gasteiger partial charge in [-0.3, -0.25) is 4.79 Å². The zero-order valence-corrected chi connectivity index (χ0v) is 10.6. The summed E-state index contributed by atoms with van der Waals surface area (Å²) >= 11 is 5.07. The Hall–Kier alpha value is -0.420. The third-order valence-electron chi connectivity index (χ3n) is 2.29. The molecule has 1 aliphatic rings. The number of carbonyl (C=O) groups excluding carboxylic acids is 1. The Morgan fingerprint density at radius 1 is 1.60 bits per heavy atom. The fourth-order valence-corrected chi connectivity index (χ4v) is 2.93. The standard InChI is InChI=1S/C10H12BrNO2S/c11-9-4-3-8(14-9)10(13)12-7-2-1-5-15-6-7/h3-4,7H,1-2,5-6H2,(H,12,13). The van der Waals surface area contributed by atoms with E-state index in [1.54, 1.807) is 12.1 Å². The molecule has 0 spiro atoms. The summed E-state index contributed by atoms with van der Waals surface area (Å²) in [6.45, 7) is 0. The molecule has 1 amide bonds. The first kappa shape index (κ1) is 11.1. The van der Waals surface area contributed by atoms with Crippen molar-refractivity contribution >= 4 is 33.6 Å². The lowest BCUT2D eigenvalue weighted by Gasteiger charge is -2.21. The second kappa shape index (κ2) is 5.07. The lowest BCUT2D eigenvalue weighted by molar-refractivity contribution is 0.0909. The first-order valence-electron chi connectivity index (χ1n) is 4.89. The van der Waals surface area contributed by atoms with Gasteiger partial charge in [0.1, 0.15) is 0 Å². The molecule has 1 aliphatic heterocycles. The van der Waals surface area contributed by atoms with E-state index in [9.17, 15) is 4.79 Å². The summed E-state index contributed by atoms with van der Waals surface area (Å²) in [5.41, 5.74) is 0. The average Bonchev–Trinajstić information content (AvgIpc) is 2.66. The first-order valence-corrected chi connectivity index (χ1v) is 6.84. The third-order valence-corrected chi connectivity index (χ3v) is 3.93. The Kier molecular flexibility index (Phi) is 3.75. The zero-order valence-electron chi connectivity index (χ0n) is 8.16. The van der Waals surface area contributed by atoms with Crippen LogP contribution in [0.15, 0.2) is 21.2 Å². The molecule has 5 heteroatoms. The summed E-state index contributed by atoms with van der Waals surface area (Å²) in [5.74, 6) is 2.47. The Balaban J connectivity index is 1.91. The van der Waals surface area contributed by atoms with Crippen molar-refractivity contribution < 1.29 is 9.21 Å². The summed E-state index contributed by atoms with van der Waals surface area (Å²) in [6, 6.07) is 3.69. The Morgan fingerprint density at radius 2 is 2.47 bits per heavy atom. The maximum absolute atomic E-state index is 11.7. The molecule has 2 heterocycles. The van der Waals surface area contributed by atoms with E-state index in [4.69, 9.17) is 4.42 Å². The van der Waals surface area contributed by atoms with Crippen LogP contribution in [0.4, 0.5) is 0 Å². The summed E-state index contributed by atoms with van der Waals surface area (Å²) < 4.78 is 5.77. The molecule has 1 fully saturated rings. The van der Waals surface area contributed by atoms with Crippen LogP contribution < -0.4 is 5.32 Å². The predicted octanol–water partition coefficient (Wildman–Crippen LogP) is 2.67. The van der Waals surface area contributed by atoms with Crippen molar-refractivity contribution in [3.8, 4) is 0 Å². The lowest BCUT2D eigenvalue weighted by Crippen LogP contribution is -2.38. The third kappa shape index (κ3) is 3.01. The summed E-state index contributed by atoms with van der Waals surface area (Å²) in [6.07, 6.45) is 2.25. The zero-order chi connectivity index (χ0) is 10.7. The van der Waals surface area contributed by atoms with Crippen LogP contribution in [0.2, 0.25) is 0 Å². The molecule has 0 aliphatic carbocycles. The van der Waals surface area contributed by atoms with E-state index in [1.807, 2.05) is 11.8 Å². The molecule has 1 N–H and O–H groups in total. The molecule has 15 heavy (non-hydrogen) atoms. The van der Waals surface area contributed by atoms with Crippen molar-refractivity contribution in [1.29, 1.82) is 0 Å². The fourth-order valence-electron chi connectivity index (χ4n) is 1.55. The Bertz CT molecular complexity index is 347. The molecule has 1 aromatic rings. The van der Waals surface area contributed by atoms with Gasteiger partial charge in [0.2, 0.25) is 0 Å². The molecule has 1 aromatic heterocycles. The minimum atomic E-state index is -0.117. The molecule has 0 radical (unpaired) electrons. The number of furan rings is 1. The molecule has 2 rings (SSSR count). The van der Waals surface area contributed by atoms with Crippen LogP contribution in [0.3, 0.4) is 0 Å². The largest absolute Gasteiger partial charge is 0.444 e. The van der Waals surface area contributed by atoms with Crippen molar-refractivity contribution in [2.45, 2.75) is 18.9 Å². The van der Waals surface area contributed by atoms with Gasteiger partial charge in [-0.2, -0.15) is 11.8 Å². The van der Waals surface area contributed by atoms with E-state index in [-0.39, 0.29) is 5.91 Å². The number of halogens is 1. The molecule has 1 unspecified atom stereocenters. The number of nitrogens with one attached hydrogen (secondary N) is 1. The number of carbonyl (C=O) groups is 1. The van der Waals surface area contributed by atoms with Gasteiger partial charge >= 0.3 is 0 Å². The molecule has 1 atom stereocenters. The number of thioether (sulfide) groups is 1. The maximum Gasteiger partial charge on any atom is 0.287 e. The van der Waals surface area contributed by atoms with E-state index in [1.165, 1.54) is 12.2 Å². The van der Waals surface area contributed by atoms with Gasteiger partial charge in [-0.1, -0.05) is 0 Å². The van der Waals surface area contributed by atoms with Crippen LogP contribution in [0, 0.1) is 0 Å². The van der Waals surface area contributed by atoms with E-state index >= 15 is 0 Å². The summed E-state index contributed by atoms with van der Waals surface area (Å²) in [7, 11) is 0. The first-order chi connectivity index (χ1) is 7.25. The van der Waals surface area contributed by atoms with E-state index in [2.05, 4.69) is 21.2 Å². The quantitative estimate of drug-likeness (QED) is 0.910. The number of hydrogen-bond acceptors (Lipinski definition) is 3. The van der Waals surface area contributed by atoms with Crippen molar-refractivity contribution in [3.63, 3.8) is 0 Å². The van der Waals surface area contributed by atoms with Gasteiger partial charge in [-0.15, -0.1) is 0 Å². The van der Waals surface area contributed by atoms with Crippen LogP contribution in [0.1, 0.15) is 23.4 Å². The molecular weight excluding hydrogens is 278 g/mol. The highest BCUT2D eigenvalue weighted by molar-refractivity contribution is 9.10. The van der Waals surface area contributed by atoms with Gasteiger partial charge < -0.3 is 9.73 Å². The molecule has 0 bridgehead atoms. The van der Waals surface area contributed by atoms with Gasteiger partial charge in [-0.25, -0.2) is 0 Å². The van der Waals surface area contributed by atoms with Crippen LogP contribution in [-0.2, 0) is 0 Å². The predicted molar refractivity (Wildman–Crippen MR) is 64.2 cm³/mol. The normalized spacial score (nSPS) is 21.3. The van der Waals surface area contributed by atoms with E-state index in [0.717, 1.165) is 12.2 Å². The van der Waals surface area contributed by atoms with Crippen LogP contribution in [0.25, 0.3) is 0 Å². The summed E-state index contributed by atoms with van der Waals surface area (Å²) in [4.78, 5) is 11.7. The van der Waals surface area contributed by atoms with Crippen LogP contribution >= 0.6 is 27.7 Å². The second-order valence-corrected chi connectivity index (χ2v) is 5.42. The molecule has 1 saturated heterocycles. The minimum absolute atomic E-state index is 0.117. The highest BCUT2D eigenvalue weighted by atomic mass is 79.9. The number of amides is 1. The minimum Gasteiger partial charge on any atom is -0.444 e. The summed E-state index contributed by atoms with van der Waals surface area (Å²) in [5, 5.41) is 2.97. The van der Waals surface area contributed by atoms with Gasteiger partial charge in [0.15, 0.2) is 10.4 Å². The van der Waals surface area contributed by atoms with Gasteiger partial charge in [0, 0.05) is 11.8 Å². The van der Waals surface area contributed by atoms with Gasteiger partial charge in [0.05, 0.1) is 0 Å². The smallest absolute Gasteiger partial charge is 0.287 e. The van der Waals surface area contributed by atoms with Crippen molar-refractivity contribution in [2.75, 3.05) is 11.5 Å².